The number of aromatic nitrogens is 1. The lowest BCUT2D eigenvalue weighted by Crippen LogP contribution is -2.15. The van der Waals surface area contributed by atoms with Crippen LogP contribution in [0.15, 0.2) is 36.7 Å². The summed E-state index contributed by atoms with van der Waals surface area (Å²) in [5, 5.41) is 1.83. The van der Waals surface area contributed by atoms with E-state index in [4.69, 9.17) is 4.84 Å². The van der Waals surface area contributed by atoms with Crippen molar-refractivity contribution in [2.45, 2.75) is 70.6 Å². The summed E-state index contributed by atoms with van der Waals surface area (Å²) in [5.74, 6) is 0. The predicted octanol–water partition coefficient (Wildman–Crippen LogP) is 5.57. The van der Waals surface area contributed by atoms with Gasteiger partial charge in [-0.05, 0) is 37.3 Å². The van der Waals surface area contributed by atoms with Gasteiger partial charge in [0.2, 0.25) is 0 Å². The number of pyridine rings is 1. The third-order valence-corrected chi connectivity index (χ3v) is 4.40. The van der Waals surface area contributed by atoms with E-state index >= 15 is 0 Å². The predicted molar refractivity (Wildman–Crippen MR) is 103 cm³/mol. The van der Waals surface area contributed by atoms with E-state index in [2.05, 4.69) is 23.2 Å². The molecule has 136 valence electrons. The molecule has 0 unspecified atom stereocenters. The van der Waals surface area contributed by atoms with Crippen LogP contribution >= 0.6 is 0 Å². The first-order valence-corrected chi connectivity index (χ1v) is 9.62. The summed E-state index contributed by atoms with van der Waals surface area (Å²) < 4.78 is 0. The highest BCUT2D eigenvalue weighted by atomic mass is 16.7. The molecule has 0 aliphatic rings. The van der Waals surface area contributed by atoms with Gasteiger partial charge in [0.15, 0.2) is 0 Å². The van der Waals surface area contributed by atoms with Gasteiger partial charge in [-0.2, -0.15) is 5.06 Å². The van der Waals surface area contributed by atoms with E-state index in [-0.39, 0.29) is 0 Å². The number of hydrogen-bond acceptors (Lipinski definition) is 3. The van der Waals surface area contributed by atoms with Crippen LogP contribution < -0.4 is 0 Å². The molecule has 3 nitrogen and oxygen atoms in total. The summed E-state index contributed by atoms with van der Waals surface area (Å²) >= 11 is 0. The Labute approximate surface area is 149 Å². The first-order valence-electron chi connectivity index (χ1n) is 9.62. The molecule has 0 aromatic carbocycles. The summed E-state index contributed by atoms with van der Waals surface area (Å²) in [7, 11) is 3.65. The second kappa shape index (κ2) is 15.3. The fraction of sp³-hybridized carbons (Fsp3) is 0.667. The standard InChI is InChI=1S/C21H36N2O/c1-23(24-2)19-14-12-10-8-6-4-3-5-7-9-11-13-16-21-17-15-18-22-20-21/h12,14-15,17-18,20H,3-11,13,16,19H2,1-2H3/b14-12+. The van der Waals surface area contributed by atoms with Gasteiger partial charge in [-0.25, -0.2) is 0 Å². The molecule has 0 saturated carbocycles. The minimum absolute atomic E-state index is 0.872. The van der Waals surface area contributed by atoms with Crippen LogP contribution in [0.1, 0.15) is 69.8 Å². The zero-order chi connectivity index (χ0) is 17.3. The Hall–Kier alpha value is -1.19. The highest BCUT2D eigenvalue weighted by Crippen LogP contribution is 2.12. The van der Waals surface area contributed by atoms with Crippen molar-refractivity contribution >= 4 is 0 Å². The van der Waals surface area contributed by atoms with E-state index in [9.17, 15) is 0 Å². The molecule has 0 bridgehead atoms. The van der Waals surface area contributed by atoms with Crippen LogP contribution in [0.3, 0.4) is 0 Å². The van der Waals surface area contributed by atoms with Crippen molar-refractivity contribution in [3.63, 3.8) is 0 Å². The average molecular weight is 333 g/mol. The Balaban J connectivity index is 1.78. The minimum atomic E-state index is 0.872. The van der Waals surface area contributed by atoms with Gasteiger partial charge in [0, 0.05) is 26.0 Å². The van der Waals surface area contributed by atoms with Gasteiger partial charge in [0.1, 0.15) is 0 Å². The molecule has 0 aliphatic heterocycles. The van der Waals surface area contributed by atoms with Crippen LogP contribution in [-0.2, 0) is 11.3 Å². The molecule has 0 amide bonds. The number of aryl methyl sites for hydroxylation is 1. The Morgan fingerprint density at radius 1 is 0.958 bits per heavy atom. The van der Waals surface area contributed by atoms with E-state index in [1.807, 2.05) is 30.6 Å². The van der Waals surface area contributed by atoms with Crippen molar-refractivity contribution in [2.75, 3.05) is 20.7 Å². The van der Waals surface area contributed by atoms with Crippen LogP contribution in [-0.4, -0.2) is 30.7 Å². The van der Waals surface area contributed by atoms with Crippen LogP contribution in [0.4, 0.5) is 0 Å². The zero-order valence-electron chi connectivity index (χ0n) is 15.8. The number of nitrogens with zero attached hydrogens (tertiary/aromatic N) is 2. The summed E-state index contributed by atoms with van der Waals surface area (Å²) in [6, 6.07) is 4.21. The number of unbranched alkanes of at least 4 members (excludes halogenated alkanes) is 9. The highest BCUT2D eigenvalue weighted by molar-refractivity contribution is 5.08. The lowest BCUT2D eigenvalue weighted by Gasteiger charge is -2.09. The number of likely N-dealkylation sites (N-methyl/N-ethyl adjacent to an activating group) is 1. The lowest BCUT2D eigenvalue weighted by atomic mass is 10.0. The summed E-state index contributed by atoms with van der Waals surface area (Å²) in [6.45, 7) is 0.872. The van der Waals surface area contributed by atoms with Crippen molar-refractivity contribution < 1.29 is 4.84 Å². The maximum Gasteiger partial charge on any atom is 0.0575 e. The maximum absolute atomic E-state index is 5.06. The van der Waals surface area contributed by atoms with E-state index < -0.39 is 0 Å². The molecule has 0 radical (unpaired) electrons. The largest absolute Gasteiger partial charge is 0.302 e. The summed E-state index contributed by atoms with van der Waals surface area (Å²) in [4.78, 5) is 9.22. The van der Waals surface area contributed by atoms with E-state index in [0.29, 0.717) is 0 Å². The van der Waals surface area contributed by atoms with Gasteiger partial charge in [0.25, 0.3) is 0 Å². The molecule has 0 saturated heterocycles. The van der Waals surface area contributed by atoms with Crippen LogP contribution in [0.5, 0.6) is 0 Å². The molecule has 1 heterocycles. The fourth-order valence-electron chi connectivity index (χ4n) is 2.79. The minimum Gasteiger partial charge on any atom is -0.302 e. The smallest absolute Gasteiger partial charge is 0.0575 e. The maximum atomic E-state index is 5.06. The topological polar surface area (TPSA) is 25.4 Å². The molecule has 1 aromatic rings. The van der Waals surface area contributed by atoms with Crippen molar-refractivity contribution in [2.24, 2.45) is 0 Å². The normalized spacial score (nSPS) is 11.6. The molecule has 3 heteroatoms. The quantitative estimate of drug-likeness (QED) is 0.238. The third kappa shape index (κ3) is 12.3. The molecule has 0 N–H and O–H groups in total. The Kier molecular flexibility index (Phi) is 13.3. The average Bonchev–Trinajstić information content (AvgIpc) is 2.62. The molecule has 0 atom stereocenters. The zero-order valence-corrected chi connectivity index (χ0v) is 15.8. The first kappa shape index (κ1) is 20.9. The molecular formula is C21H36N2O. The molecule has 1 aromatic heterocycles. The lowest BCUT2D eigenvalue weighted by molar-refractivity contribution is -0.0992. The SMILES string of the molecule is CON(C)C/C=C/CCCCCCCCCCCc1cccnc1. The summed E-state index contributed by atoms with van der Waals surface area (Å²) in [5.41, 5.74) is 1.38. The number of hydroxylamine groups is 2. The highest BCUT2D eigenvalue weighted by Gasteiger charge is 1.95. The summed E-state index contributed by atoms with van der Waals surface area (Å²) in [6.07, 6.45) is 23.0. The molecule has 0 spiro atoms. The van der Waals surface area contributed by atoms with Crippen molar-refractivity contribution in [3.05, 3.63) is 42.2 Å². The molecule has 0 fully saturated rings. The molecule has 24 heavy (non-hydrogen) atoms. The van der Waals surface area contributed by atoms with Crippen LogP contribution in [0.25, 0.3) is 0 Å². The van der Waals surface area contributed by atoms with Gasteiger partial charge in [0.05, 0.1) is 7.11 Å². The van der Waals surface area contributed by atoms with E-state index in [1.165, 1.54) is 76.2 Å². The Morgan fingerprint density at radius 3 is 2.25 bits per heavy atom. The van der Waals surface area contributed by atoms with E-state index in [1.54, 1.807) is 7.11 Å². The van der Waals surface area contributed by atoms with Gasteiger partial charge in [-0.1, -0.05) is 63.2 Å². The Morgan fingerprint density at radius 2 is 1.62 bits per heavy atom. The number of hydrogen-bond donors (Lipinski definition) is 0. The number of rotatable bonds is 15. The molecular weight excluding hydrogens is 296 g/mol. The third-order valence-electron chi connectivity index (χ3n) is 4.40. The second-order valence-electron chi connectivity index (χ2n) is 6.55. The molecule has 1 rings (SSSR count). The van der Waals surface area contributed by atoms with Gasteiger partial charge in [-0.15, -0.1) is 0 Å². The van der Waals surface area contributed by atoms with E-state index in [0.717, 1.165) is 6.54 Å². The van der Waals surface area contributed by atoms with Crippen molar-refractivity contribution in [1.29, 1.82) is 0 Å². The van der Waals surface area contributed by atoms with Gasteiger partial charge in [-0.3, -0.25) is 4.98 Å². The Bertz CT molecular complexity index is 406. The fourth-order valence-corrected chi connectivity index (χ4v) is 2.79. The van der Waals surface area contributed by atoms with Crippen molar-refractivity contribution in [3.8, 4) is 0 Å². The number of allylic oxidation sites excluding steroid dienone is 1. The van der Waals surface area contributed by atoms with Crippen LogP contribution in [0, 0.1) is 0 Å². The second-order valence-corrected chi connectivity index (χ2v) is 6.55. The molecule has 0 aliphatic carbocycles. The monoisotopic (exact) mass is 332 g/mol. The van der Waals surface area contributed by atoms with Crippen LogP contribution in [0.2, 0.25) is 0 Å². The van der Waals surface area contributed by atoms with Crippen molar-refractivity contribution in [1.82, 2.24) is 10.0 Å². The first-order chi connectivity index (χ1) is 11.8. The van der Waals surface area contributed by atoms with Gasteiger partial charge >= 0.3 is 0 Å². The van der Waals surface area contributed by atoms with Gasteiger partial charge < -0.3 is 4.84 Å².